The maximum Gasteiger partial charge on any atom is 0.308 e. The topological polar surface area (TPSA) is 81.1 Å². The van der Waals surface area contributed by atoms with E-state index in [0.29, 0.717) is 14.5 Å². The number of para-hydroxylation sites is 1. The largest absolute Gasteiger partial charge is 0.446 e. The number of carbonyl (C=O) groups excluding carboxylic acids is 2. The van der Waals surface area contributed by atoms with Crippen molar-refractivity contribution < 1.29 is 19.1 Å². The minimum absolute atomic E-state index is 0.149. The number of esters is 1. The predicted molar refractivity (Wildman–Crippen MR) is 143 cm³/mol. The van der Waals surface area contributed by atoms with Crippen LogP contribution in [0.25, 0.3) is 22.2 Å². The molecule has 0 bridgehead atoms. The number of halogens is 2. The molecule has 0 fully saturated rings. The third kappa shape index (κ3) is 4.64. The number of amides is 1. The van der Waals surface area contributed by atoms with Crippen molar-refractivity contribution in [3.8, 4) is 17.0 Å². The Hall–Kier alpha value is -3.56. The molecular formula is C27H19Br2N3O4. The minimum atomic E-state index is -0.851. The van der Waals surface area contributed by atoms with Crippen molar-refractivity contribution >= 4 is 60.5 Å². The lowest BCUT2D eigenvalue weighted by Crippen LogP contribution is -2.25. The lowest BCUT2D eigenvalue weighted by Gasteiger charge is -2.21. The van der Waals surface area contributed by atoms with Crippen LogP contribution < -0.4 is 4.74 Å². The number of benzene rings is 3. The average molecular weight is 609 g/mol. The van der Waals surface area contributed by atoms with E-state index >= 15 is 0 Å². The molecule has 1 atom stereocenters. The summed E-state index contributed by atoms with van der Waals surface area (Å²) in [5, 5.41) is 6.62. The quantitative estimate of drug-likeness (QED) is 0.193. The summed E-state index contributed by atoms with van der Waals surface area (Å²) in [5.74, 6) is -0.403. The molecule has 9 heteroatoms. The van der Waals surface area contributed by atoms with Gasteiger partial charge in [0.2, 0.25) is 18.0 Å². The maximum absolute atomic E-state index is 12.7. The van der Waals surface area contributed by atoms with E-state index in [9.17, 15) is 9.59 Å². The maximum atomic E-state index is 12.7. The molecule has 0 saturated heterocycles. The highest BCUT2D eigenvalue weighted by Crippen LogP contribution is 2.40. The van der Waals surface area contributed by atoms with Gasteiger partial charge in [0.15, 0.2) is 5.75 Å². The standard InChI is InChI=1S/C27H19Br2N3O4/c1-15(33)32-27(36-26(31-32)21-12-18(28)13-22(29)25(21)35-16(2)34)20-14-24(17-8-4-3-5-9-17)30-23-11-7-6-10-19(20)23/h3-14,27H,1-2H3. The van der Waals surface area contributed by atoms with Gasteiger partial charge in [0.05, 0.1) is 21.2 Å². The summed E-state index contributed by atoms with van der Waals surface area (Å²) in [6.45, 7) is 2.74. The first-order chi connectivity index (χ1) is 17.3. The van der Waals surface area contributed by atoms with Crippen LogP contribution in [0.4, 0.5) is 0 Å². The zero-order valence-electron chi connectivity index (χ0n) is 19.2. The Kier molecular flexibility index (Phi) is 6.59. The molecule has 1 aliphatic heterocycles. The van der Waals surface area contributed by atoms with Gasteiger partial charge < -0.3 is 9.47 Å². The van der Waals surface area contributed by atoms with Crippen molar-refractivity contribution in [2.45, 2.75) is 20.1 Å². The van der Waals surface area contributed by atoms with Crippen molar-refractivity contribution in [1.29, 1.82) is 0 Å². The number of ether oxygens (including phenoxy) is 2. The van der Waals surface area contributed by atoms with Crippen LogP contribution in [0.15, 0.2) is 86.8 Å². The van der Waals surface area contributed by atoms with Crippen LogP contribution in [0.2, 0.25) is 0 Å². The Morgan fingerprint density at radius 2 is 1.69 bits per heavy atom. The number of rotatable bonds is 4. The monoisotopic (exact) mass is 607 g/mol. The summed E-state index contributed by atoms with van der Waals surface area (Å²) < 4.78 is 13.0. The molecule has 36 heavy (non-hydrogen) atoms. The second kappa shape index (κ2) is 9.83. The second-order valence-electron chi connectivity index (χ2n) is 8.08. The van der Waals surface area contributed by atoms with E-state index in [4.69, 9.17) is 14.5 Å². The summed E-state index contributed by atoms with van der Waals surface area (Å²) in [5.41, 5.74) is 3.60. The van der Waals surface area contributed by atoms with Crippen molar-refractivity contribution in [3.05, 3.63) is 92.9 Å². The fourth-order valence-corrected chi connectivity index (χ4v) is 5.31. The summed E-state index contributed by atoms with van der Waals surface area (Å²) in [6, 6.07) is 22.9. The van der Waals surface area contributed by atoms with E-state index in [0.717, 1.165) is 27.7 Å². The van der Waals surface area contributed by atoms with Crippen LogP contribution in [-0.4, -0.2) is 27.8 Å². The highest BCUT2D eigenvalue weighted by atomic mass is 79.9. The van der Waals surface area contributed by atoms with Gasteiger partial charge in [-0.2, -0.15) is 5.01 Å². The van der Waals surface area contributed by atoms with E-state index in [-0.39, 0.29) is 17.6 Å². The van der Waals surface area contributed by atoms with Crippen molar-refractivity contribution in [1.82, 2.24) is 9.99 Å². The molecule has 3 aromatic carbocycles. The molecule has 1 amide bonds. The van der Waals surface area contributed by atoms with Gasteiger partial charge in [0.25, 0.3) is 0 Å². The molecule has 5 rings (SSSR count). The fraction of sp³-hybridized carbons (Fsp3) is 0.111. The van der Waals surface area contributed by atoms with E-state index in [1.54, 1.807) is 12.1 Å². The Morgan fingerprint density at radius 1 is 0.972 bits per heavy atom. The summed E-state index contributed by atoms with van der Waals surface area (Å²) in [4.78, 5) is 29.3. The predicted octanol–water partition coefficient (Wildman–Crippen LogP) is 6.59. The third-order valence-corrected chi connectivity index (χ3v) is 6.58. The first kappa shape index (κ1) is 24.1. The number of nitrogens with zero attached hydrogens (tertiary/aromatic N) is 3. The van der Waals surface area contributed by atoms with Crippen LogP contribution in [0.1, 0.15) is 31.2 Å². The first-order valence-corrected chi connectivity index (χ1v) is 12.6. The smallest absolute Gasteiger partial charge is 0.308 e. The van der Waals surface area contributed by atoms with Crippen molar-refractivity contribution in [2.24, 2.45) is 5.10 Å². The molecular weight excluding hydrogens is 590 g/mol. The van der Waals surface area contributed by atoms with Crippen molar-refractivity contribution in [3.63, 3.8) is 0 Å². The zero-order chi connectivity index (χ0) is 25.4. The Bertz CT molecular complexity index is 1540. The van der Waals surface area contributed by atoms with Gasteiger partial charge in [-0.05, 0) is 40.2 Å². The molecule has 1 unspecified atom stereocenters. The number of fused-ring (bicyclic) bond motifs is 1. The number of aromatic nitrogens is 1. The Balaban J connectivity index is 1.66. The molecule has 0 saturated carbocycles. The van der Waals surface area contributed by atoms with E-state index in [2.05, 4.69) is 37.0 Å². The first-order valence-electron chi connectivity index (χ1n) is 11.0. The van der Waals surface area contributed by atoms with Gasteiger partial charge in [0, 0.05) is 34.8 Å². The van der Waals surface area contributed by atoms with E-state index < -0.39 is 12.2 Å². The van der Waals surface area contributed by atoms with Gasteiger partial charge in [-0.3, -0.25) is 9.59 Å². The van der Waals surface area contributed by atoms with E-state index in [1.807, 2.05) is 60.7 Å². The number of hydrogen-bond acceptors (Lipinski definition) is 6. The molecule has 1 aromatic heterocycles. The molecule has 0 spiro atoms. The summed E-state index contributed by atoms with van der Waals surface area (Å²) in [7, 11) is 0. The SMILES string of the molecule is CC(=O)Oc1c(Br)cc(Br)cc1C1=NN(C(C)=O)C(c2cc(-c3ccccc3)nc3ccccc23)O1. The van der Waals surface area contributed by atoms with Crippen LogP contribution in [0.5, 0.6) is 5.75 Å². The second-order valence-corrected chi connectivity index (χ2v) is 9.85. The van der Waals surface area contributed by atoms with Gasteiger partial charge >= 0.3 is 5.97 Å². The molecule has 0 radical (unpaired) electrons. The minimum Gasteiger partial charge on any atom is -0.446 e. The van der Waals surface area contributed by atoms with Gasteiger partial charge in [0.1, 0.15) is 0 Å². The van der Waals surface area contributed by atoms with Gasteiger partial charge in [-0.25, -0.2) is 4.98 Å². The number of pyridine rings is 1. The normalized spacial score (nSPS) is 14.9. The summed E-state index contributed by atoms with van der Waals surface area (Å²) in [6.07, 6.45) is -0.851. The van der Waals surface area contributed by atoms with Crippen LogP contribution in [-0.2, 0) is 14.3 Å². The van der Waals surface area contributed by atoms with Crippen LogP contribution >= 0.6 is 31.9 Å². The Morgan fingerprint density at radius 3 is 2.42 bits per heavy atom. The van der Waals surface area contributed by atoms with Crippen LogP contribution in [0.3, 0.4) is 0 Å². The highest BCUT2D eigenvalue weighted by molar-refractivity contribution is 9.11. The van der Waals surface area contributed by atoms with Crippen molar-refractivity contribution in [2.75, 3.05) is 0 Å². The molecule has 0 N–H and O–H groups in total. The lowest BCUT2D eigenvalue weighted by molar-refractivity contribution is -0.135. The lowest BCUT2D eigenvalue weighted by atomic mass is 10.0. The summed E-state index contributed by atoms with van der Waals surface area (Å²) >= 11 is 6.90. The number of carbonyl (C=O) groups is 2. The third-order valence-electron chi connectivity index (χ3n) is 5.53. The molecule has 180 valence electrons. The molecule has 0 aliphatic carbocycles. The number of hydrazone groups is 1. The number of hydrogen-bond donors (Lipinski definition) is 0. The Labute approximate surface area is 224 Å². The van der Waals surface area contributed by atoms with Gasteiger partial charge in [-0.1, -0.05) is 64.5 Å². The molecule has 7 nitrogen and oxygen atoms in total. The highest BCUT2D eigenvalue weighted by Gasteiger charge is 2.36. The zero-order valence-corrected chi connectivity index (χ0v) is 22.4. The average Bonchev–Trinajstić information content (AvgIpc) is 3.31. The molecule has 1 aliphatic rings. The molecule has 2 heterocycles. The van der Waals surface area contributed by atoms with Crippen LogP contribution in [0, 0.1) is 0 Å². The fourth-order valence-electron chi connectivity index (χ4n) is 4.01. The molecule has 4 aromatic rings. The van der Waals surface area contributed by atoms with Gasteiger partial charge in [-0.15, -0.1) is 5.10 Å². The van der Waals surface area contributed by atoms with E-state index in [1.165, 1.54) is 18.9 Å².